The summed E-state index contributed by atoms with van der Waals surface area (Å²) in [4.78, 5) is 17.8. The molecule has 0 fully saturated rings. The van der Waals surface area contributed by atoms with Crippen LogP contribution < -0.4 is 10.6 Å². The van der Waals surface area contributed by atoms with E-state index >= 15 is 0 Å². The summed E-state index contributed by atoms with van der Waals surface area (Å²) in [6.45, 7) is 2.61. The maximum atomic E-state index is 12.2. The van der Waals surface area contributed by atoms with E-state index < -0.39 is 0 Å². The molecule has 0 saturated carbocycles. The van der Waals surface area contributed by atoms with E-state index in [0.29, 0.717) is 18.1 Å². The first kappa shape index (κ1) is 12.1. The van der Waals surface area contributed by atoms with Crippen molar-refractivity contribution in [2.75, 3.05) is 17.7 Å². The van der Waals surface area contributed by atoms with E-state index in [0.717, 1.165) is 0 Å². The Kier molecular flexibility index (Phi) is 3.27. The van der Waals surface area contributed by atoms with Gasteiger partial charge < -0.3 is 5.73 Å². The molecule has 2 aromatic rings. The fourth-order valence-corrected chi connectivity index (χ4v) is 1.58. The predicted octanol–water partition coefficient (Wildman–Crippen LogP) is 1.16. The zero-order chi connectivity index (χ0) is 13.1. The highest BCUT2D eigenvalue weighted by atomic mass is 16.2. The number of nitrogens with zero attached hydrogens (tertiary/aromatic N) is 4. The third-order valence-corrected chi connectivity index (χ3v) is 2.61. The molecule has 0 atom stereocenters. The Hall–Kier alpha value is -2.37. The number of hydrogen-bond acceptors (Lipinski definition) is 4. The molecule has 0 aromatic carbocycles. The van der Waals surface area contributed by atoms with Gasteiger partial charge in [0.05, 0.1) is 5.69 Å². The molecule has 2 rings (SSSR count). The number of pyridine rings is 1. The molecule has 0 aliphatic carbocycles. The molecule has 0 bridgehead atoms. The van der Waals surface area contributed by atoms with Crippen LogP contribution in [0.25, 0.3) is 0 Å². The third kappa shape index (κ3) is 2.17. The summed E-state index contributed by atoms with van der Waals surface area (Å²) in [5.74, 6) is 0.298. The molecule has 0 spiro atoms. The number of carbonyl (C=O) groups is 1. The smallest absolute Gasteiger partial charge is 0.281 e. The van der Waals surface area contributed by atoms with Crippen LogP contribution >= 0.6 is 0 Å². The zero-order valence-electron chi connectivity index (χ0n) is 10.4. The van der Waals surface area contributed by atoms with E-state index in [1.54, 1.807) is 36.3 Å². The number of aromatic nitrogens is 3. The van der Waals surface area contributed by atoms with Gasteiger partial charge in [0, 0.05) is 26.0 Å². The zero-order valence-corrected chi connectivity index (χ0v) is 10.4. The average molecular weight is 245 g/mol. The summed E-state index contributed by atoms with van der Waals surface area (Å²) in [5.41, 5.74) is 6.42. The van der Waals surface area contributed by atoms with Crippen LogP contribution in [0.1, 0.15) is 17.4 Å². The summed E-state index contributed by atoms with van der Waals surface area (Å²) < 4.78 is 1.63. The van der Waals surface area contributed by atoms with Crippen LogP contribution in [0.5, 0.6) is 0 Å². The number of hydrogen-bond donors (Lipinski definition) is 1. The Labute approximate surface area is 105 Å². The molecular formula is C12H15N5O. The standard InChI is InChI=1S/C12H15N5O/c1-3-17-8-9(13)11(15-17)12(18)16(2)10-6-4-5-7-14-10/h4-8H,3,13H2,1-2H3. The van der Waals surface area contributed by atoms with Crippen LogP contribution in [-0.4, -0.2) is 27.7 Å². The highest BCUT2D eigenvalue weighted by Gasteiger charge is 2.20. The lowest BCUT2D eigenvalue weighted by Gasteiger charge is -2.14. The normalized spacial score (nSPS) is 10.3. The Bertz CT molecular complexity index is 549. The second-order valence-electron chi connectivity index (χ2n) is 3.84. The number of nitrogens with two attached hydrogens (primary N) is 1. The van der Waals surface area contributed by atoms with Crippen molar-refractivity contribution in [1.82, 2.24) is 14.8 Å². The third-order valence-electron chi connectivity index (χ3n) is 2.61. The monoisotopic (exact) mass is 245 g/mol. The number of amides is 1. The summed E-state index contributed by atoms with van der Waals surface area (Å²) in [6.07, 6.45) is 3.28. The highest BCUT2D eigenvalue weighted by Crippen LogP contribution is 2.15. The van der Waals surface area contributed by atoms with Crippen LogP contribution in [-0.2, 0) is 6.54 Å². The van der Waals surface area contributed by atoms with Crippen molar-refractivity contribution in [1.29, 1.82) is 0 Å². The molecular weight excluding hydrogens is 230 g/mol. The fourth-order valence-electron chi connectivity index (χ4n) is 1.58. The van der Waals surface area contributed by atoms with Crippen LogP contribution in [0, 0.1) is 0 Å². The minimum atomic E-state index is -0.265. The van der Waals surface area contributed by atoms with Gasteiger partial charge in [-0.2, -0.15) is 5.10 Å². The van der Waals surface area contributed by atoms with Gasteiger partial charge in [-0.15, -0.1) is 0 Å². The van der Waals surface area contributed by atoms with Gasteiger partial charge in [0.1, 0.15) is 5.82 Å². The molecule has 18 heavy (non-hydrogen) atoms. The van der Waals surface area contributed by atoms with E-state index in [1.807, 2.05) is 13.0 Å². The first-order valence-electron chi connectivity index (χ1n) is 5.65. The van der Waals surface area contributed by atoms with Crippen molar-refractivity contribution in [2.45, 2.75) is 13.5 Å². The second kappa shape index (κ2) is 4.87. The van der Waals surface area contributed by atoms with Crippen molar-refractivity contribution >= 4 is 17.4 Å². The summed E-state index contributed by atoms with van der Waals surface area (Å²) in [5, 5.41) is 4.15. The SMILES string of the molecule is CCn1cc(N)c(C(=O)N(C)c2ccccn2)n1. The summed E-state index contributed by atoms with van der Waals surface area (Å²) in [6, 6.07) is 5.37. The number of anilines is 2. The Balaban J connectivity index is 2.28. The number of carbonyl (C=O) groups excluding carboxylic acids is 1. The topological polar surface area (TPSA) is 77.0 Å². The molecule has 0 unspecified atom stereocenters. The Morgan fingerprint density at radius 2 is 2.28 bits per heavy atom. The maximum Gasteiger partial charge on any atom is 0.281 e. The molecule has 2 heterocycles. The van der Waals surface area contributed by atoms with E-state index in [1.165, 1.54) is 4.90 Å². The first-order chi connectivity index (χ1) is 8.63. The van der Waals surface area contributed by atoms with E-state index in [4.69, 9.17) is 5.73 Å². The second-order valence-corrected chi connectivity index (χ2v) is 3.84. The summed E-state index contributed by atoms with van der Waals surface area (Å²) >= 11 is 0. The highest BCUT2D eigenvalue weighted by molar-refractivity contribution is 6.06. The first-order valence-corrected chi connectivity index (χ1v) is 5.65. The van der Waals surface area contributed by atoms with Crippen LogP contribution in [0.3, 0.4) is 0 Å². The fraction of sp³-hybridized carbons (Fsp3) is 0.250. The number of rotatable bonds is 3. The summed E-state index contributed by atoms with van der Waals surface area (Å²) in [7, 11) is 1.65. The van der Waals surface area contributed by atoms with E-state index in [-0.39, 0.29) is 11.6 Å². The van der Waals surface area contributed by atoms with E-state index in [2.05, 4.69) is 10.1 Å². The van der Waals surface area contributed by atoms with Crippen LogP contribution in [0.2, 0.25) is 0 Å². The van der Waals surface area contributed by atoms with Gasteiger partial charge in [-0.3, -0.25) is 14.4 Å². The molecule has 0 aliphatic rings. The largest absolute Gasteiger partial charge is 0.396 e. The van der Waals surface area contributed by atoms with Gasteiger partial charge in [0.15, 0.2) is 5.69 Å². The number of nitrogen functional groups attached to an aromatic ring is 1. The van der Waals surface area contributed by atoms with Gasteiger partial charge in [0.25, 0.3) is 5.91 Å². The van der Waals surface area contributed by atoms with Crippen molar-refractivity contribution in [3.8, 4) is 0 Å². The van der Waals surface area contributed by atoms with Crippen molar-refractivity contribution in [3.05, 3.63) is 36.3 Å². The van der Waals surface area contributed by atoms with Gasteiger partial charge >= 0.3 is 0 Å². The maximum absolute atomic E-state index is 12.2. The lowest BCUT2D eigenvalue weighted by molar-refractivity contribution is 0.0987. The molecule has 1 amide bonds. The predicted molar refractivity (Wildman–Crippen MR) is 69.3 cm³/mol. The lowest BCUT2D eigenvalue weighted by atomic mass is 10.3. The van der Waals surface area contributed by atoms with Gasteiger partial charge in [-0.05, 0) is 19.1 Å². The molecule has 94 valence electrons. The lowest BCUT2D eigenvalue weighted by Crippen LogP contribution is -2.28. The molecule has 6 heteroatoms. The molecule has 2 aromatic heterocycles. The quantitative estimate of drug-likeness (QED) is 0.880. The minimum Gasteiger partial charge on any atom is -0.396 e. The Morgan fingerprint density at radius 3 is 2.83 bits per heavy atom. The Morgan fingerprint density at radius 1 is 1.50 bits per heavy atom. The number of aryl methyl sites for hydroxylation is 1. The average Bonchev–Trinajstić information content (AvgIpc) is 2.79. The molecule has 2 N–H and O–H groups in total. The molecule has 0 radical (unpaired) electrons. The van der Waals surface area contributed by atoms with E-state index in [9.17, 15) is 4.79 Å². The molecule has 0 aliphatic heterocycles. The molecule has 6 nitrogen and oxygen atoms in total. The molecule has 0 saturated heterocycles. The van der Waals surface area contributed by atoms with Crippen molar-refractivity contribution < 1.29 is 4.79 Å². The van der Waals surface area contributed by atoms with Gasteiger partial charge in [-0.1, -0.05) is 6.07 Å². The van der Waals surface area contributed by atoms with Crippen LogP contribution in [0.15, 0.2) is 30.6 Å². The van der Waals surface area contributed by atoms with Gasteiger partial charge in [0.2, 0.25) is 0 Å². The van der Waals surface area contributed by atoms with Crippen molar-refractivity contribution in [3.63, 3.8) is 0 Å². The van der Waals surface area contributed by atoms with Crippen molar-refractivity contribution in [2.24, 2.45) is 0 Å². The minimum absolute atomic E-state index is 0.255. The van der Waals surface area contributed by atoms with Crippen LogP contribution in [0.4, 0.5) is 11.5 Å². The van der Waals surface area contributed by atoms with Gasteiger partial charge in [-0.25, -0.2) is 4.98 Å².